The molecule has 0 aliphatic carbocycles. The number of aliphatic hydroxyl groups is 1. The maximum atomic E-state index is 14.1. The van der Waals surface area contributed by atoms with Crippen molar-refractivity contribution in [2.45, 2.75) is 41.9 Å². The number of nitrogens with one attached hydrogen (secondary N) is 1. The van der Waals surface area contributed by atoms with Crippen LogP contribution in [0.4, 0.5) is 5.69 Å². The first-order chi connectivity index (χ1) is 25.6. The molecule has 1 spiro atoms. The molecule has 2 saturated heterocycles. The number of carbonyl (C=O) groups excluding carboxylic acids is 3. The van der Waals surface area contributed by atoms with Gasteiger partial charge in [-0.15, -0.1) is 0 Å². The van der Waals surface area contributed by atoms with E-state index in [1.165, 1.54) is 26.4 Å². The number of nitrogens with zero attached hydrogens (tertiary/aromatic N) is 3. The van der Waals surface area contributed by atoms with Crippen molar-refractivity contribution in [3.8, 4) is 5.75 Å². The van der Waals surface area contributed by atoms with E-state index in [0.29, 0.717) is 50.3 Å². The van der Waals surface area contributed by atoms with Gasteiger partial charge in [0.15, 0.2) is 5.76 Å². The molecule has 2 amide bonds. The molecule has 2 atom stereocenters. The number of piperidine rings is 1. The third-order valence-corrected chi connectivity index (χ3v) is 11.9. The van der Waals surface area contributed by atoms with E-state index in [-0.39, 0.29) is 48.1 Å². The summed E-state index contributed by atoms with van der Waals surface area (Å²) in [6, 6.07) is 22.5. The van der Waals surface area contributed by atoms with Crippen LogP contribution >= 0.6 is 0 Å². The van der Waals surface area contributed by atoms with Gasteiger partial charge in [0.1, 0.15) is 11.3 Å². The number of methoxy groups -OCH3 is 2. The monoisotopic (exact) mass is 748 g/mol. The zero-order valence-electron chi connectivity index (χ0n) is 29.7. The van der Waals surface area contributed by atoms with Crippen LogP contribution in [0.1, 0.15) is 41.1 Å². The van der Waals surface area contributed by atoms with Gasteiger partial charge in [-0.2, -0.15) is 4.31 Å². The summed E-state index contributed by atoms with van der Waals surface area (Å²) in [4.78, 5) is 43.1. The summed E-state index contributed by atoms with van der Waals surface area (Å²) >= 11 is 0. The molecule has 0 saturated carbocycles. The van der Waals surface area contributed by atoms with Gasteiger partial charge in [-0.05, 0) is 73.0 Å². The van der Waals surface area contributed by atoms with Crippen molar-refractivity contribution in [3.05, 3.63) is 102 Å². The normalized spacial score (nSPS) is 19.8. The van der Waals surface area contributed by atoms with E-state index < -0.39 is 34.4 Å². The third-order valence-electron chi connectivity index (χ3n) is 10.0. The van der Waals surface area contributed by atoms with Crippen LogP contribution in [0.25, 0.3) is 0 Å². The van der Waals surface area contributed by atoms with Crippen LogP contribution in [0.3, 0.4) is 0 Å². The predicted octanol–water partition coefficient (Wildman–Crippen LogP) is 2.85. The van der Waals surface area contributed by atoms with E-state index in [1.807, 2.05) is 30.3 Å². The molecule has 0 radical (unpaired) electrons. The minimum atomic E-state index is -3.98. The number of anilines is 1. The molecule has 0 aromatic heterocycles. The number of esters is 1. The number of amides is 2. The lowest BCUT2D eigenvalue weighted by Crippen LogP contribution is -2.57. The summed E-state index contributed by atoms with van der Waals surface area (Å²) in [5, 5.41) is 12.7. The van der Waals surface area contributed by atoms with Gasteiger partial charge in [0, 0.05) is 44.2 Å². The SMILES string of the molecule is COC(=O)c1ccc(C2C=C(C(=O)N3CCC4(CC3)C(=O)NCN4c3ccccc3)OC(OCCN(CCO)S(=O)(=O)c3ccc(OC)cc3)C2)cc1. The Balaban J connectivity index is 1.17. The molecule has 14 nitrogen and oxygen atoms in total. The lowest BCUT2D eigenvalue weighted by molar-refractivity contribution is -0.154. The standard InChI is InChI=1S/C38H44N4O10S/c1-49-31-12-14-32(15-13-31)53(47,48)41(20-22-43)21-23-51-34-25-29(27-8-10-28(11-9-27)36(45)50-2)24-33(52-34)35(44)40-18-16-38(17-19-40)37(46)39-26-42(38)30-6-4-3-5-7-30/h3-15,24,29,34,43H,16-23,25-26H2,1-2H3,(H,39,46). The Morgan fingerprint density at radius 1 is 0.981 bits per heavy atom. The number of benzene rings is 3. The second-order valence-corrected chi connectivity index (χ2v) is 14.9. The first-order valence-corrected chi connectivity index (χ1v) is 18.9. The van der Waals surface area contributed by atoms with Crippen molar-refractivity contribution in [2.75, 3.05) is 65.2 Å². The molecule has 2 unspecified atom stereocenters. The minimum absolute atomic E-state index is 0.0391. The van der Waals surface area contributed by atoms with Gasteiger partial charge in [0.05, 0.1) is 44.6 Å². The number of carbonyl (C=O) groups is 3. The van der Waals surface area contributed by atoms with Crippen LogP contribution in [-0.2, 0) is 33.8 Å². The first-order valence-electron chi connectivity index (χ1n) is 17.4. The number of allylic oxidation sites excluding steroid dienone is 1. The summed E-state index contributed by atoms with van der Waals surface area (Å²) < 4.78 is 50.2. The molecule has 3 aromatic carbocycles. The quantitative estimate of drug-likeness (QED) is 0.247. The van der Waals surface area contributed by atoms with E-state index in [1.54, 1.807) is 47.4 Å². The molecular formula is C38H44N4O10S. The number of ether oxygens (including phenoxy) is 4. The topological polar surface area (TPSA) is 164 Å². The highest BCUT2D eigenvalue weighted by molar-refractivity contribution is 7.89. The average molecular weight is 749 g/mol. The van der Waals surface area contributed by atoms with Gasteiger partial charge in [-0.3, -0.25) is 9.59 Å². The molecule has 2 fully saturated rings. The fourth-order valence-electron chi connectivity index (χ4n) is 7.04. The lowest BCUT2D eigenvalue weighted by Gasteiger charge is -2.43. The summed E-state index contributed by atoms with van der Waals surface area (Å²) in [7, 11) is -1.18. The largest absolute Gasteiger partial charge is 0.497 e. The second kappa shape index (κ2) is 16.4. The highest BCUT2D eigenvalue weighted by Gasteiger charge is 2.51. The maximum Gasteiger partial charge on any atom is 0.337 e. The Bertz CT molecular complexity index is 1900. The highest BCUT2D eigenvalue weighted by atomic mass is 32.2. The van der Waals surface area contributed by atoms with Crippen LogP contribution in [0.5, 0.6) is 5.75 Å². The zero-order valence-corrected chi connectivity index (χ0v) is 30.5. The minimum Gasteiger partial charge on any atom is -0.497 e. The van der Waals surface area contributed by atoms with Crippen LogP contribution in [0.2, 0.25) is 0 Å². The second-order valence-electron chi connectivity index (χ2n) is 13.0. The van der Waals surface area contributed by atoms with E-state index in [0.717, 1.165) is 15.6 Å². The Labute approximate surface area is 308 Å². The third kappa shape index (κ3) is 8.03. The summed E-state index contributed by atoms with van der Waals surface area (Å²) in [6.45, 7) is 0.290. The molecule has 282 valence electrons. The van der Waals surface area contributed by atoms with Crippen LogP contribution in [0.15, 0.2) is 95.6 Å². The Kier molecular flexibility index (Phi) is 11.7. The molecule has 2 N–H and O–H groups in total. The molecule has 0 bridgehead atoms. The Morgan fingerprint density at radius 3 is 2.32 bits per heavy atom. The Morgan fingerprint density at radius 2 is 1.68 bits per heavy atom. The highest BCUT2D eigenvalue weighted by Crippen LogP contribution is 2.38. The molecule has 3 aliphatic heterocycles. The molecular weight excluding hydrogens is 705 g/mol. The van der Waals surface area contributed by atoms with Crippen molar-refractivity contribution in [2.24, 2.45) is 0 Å². The number of sulfonamides is 1. The van der Waals surface area contributed by atoms with Crippen molar-refractivity contribution in [1.82, 2.24) is 14.5 Å². The Hall–Kier alpha value is -4.96. The van der Waals surface area contributed by atoms with Crippen molar-refractivity contribution < 1.29 is 46.9 Å². The average Bonchev–Trinajstić information content (AvgIpc) is 3.51. The first kappa shape index (κ1) is 37.8. The number of likely N-dealkylation sites (tertiary alicyclic amines) is 1. The molecule has 53 heavy (non-hydrogen) atoms. The number of rotatable bonds is 13. The molecule has 3 heterocycles. The number of hydrogen-bond donors (Lipinski definition) is 2. The smallest absolute Gasteiger partial charge is 0.337 e. The molecule has 3 aliphatic rings. The molecule has 3 aromatic rings. The van der Waals surface area contributed by atoms with Crippen LogP contribution in [0, 0.1) is 0 Å². The predicted molar refractivity (Wildman–Crippen MR) is 193 cm³/mol. The number of para-hydroxylation sites is 1. The van der Waals surface area contributed by atoms with Crippen molar-refractivity contribution in [3.63, 3.8) is 0 Å². The van der Waals surface area contributed by atoms with Gasteiger partial charge in [0.2, 0.25) is 22.2 Å². The van der Waals surface area contributed by atoms with E-state index in [4.69, 9.17) is 18.9 Å². The number of hydrogen-bond acceptors (Lipinski definition) is 11. The van der Waals surface area contributed by atoms with Gasteiger partial charge >= 0.3 is 5.97 Å². The summed E-state index contributed by atoms with van der Waals surface area (Å²) in [5.74, 6) is -0.648. The van der Waals surface area contributed by atoms with Crippen LogP contribution < -0.4 is 15.0 Å². The van der Waals surface area contributed by atoms with E-state index in [9.17, 15) is 27.9 Å². The fourth-order valence-corrected chi connectivity index (χ4v) is 8.46. The fraction of sp³-hybridized carbons (Fsp3) is 0.395. The van der Waals surface area contributed by atoms with Crippen molar-refractivity contribution in [1.29, 1.82) is 0 Å². The molecule has 6 rings (SSSR count). The maximum absolute atomic E-state index is 14.1. The zero-order chi connectivity index (χ0) is 37.6. The van der Waals surface area contributed by atoms with Crippen LogP contribution in [-0.4, -0.2) is 113 Å². The van der Waals surface area contributed by atoms with Gasteiger partial charge in [-0.25, -0.2) is 13.2 Å². The van der Waals surface area contributed by atoms with Gasteiger partial charge in [0.25, 0.3) is 5.91 Å². The summed E-state index contributed by atoms with van der Waals surface area (Å²) in [6.07, 6.45) is 1.97. The van der Waals surface area contributed by atoms with Gasteiger partial charge in [-0.1, -0.05) is 30.3 Å². The molecule has 15 heteroatoms. The number of aliphatic hydroxyl groups excluding tert-OH is 1. The lowest BCUT2D eigenvalue weighted by atomic mass is 9.85. The van der Waals surface area contributed by atoms with E-state index in [2.05, 4.69) is 10.2 Å². The van der Waals surface area contributed by atoms with Crippen molar-refractivity contribution >= 4 is 33.5 Å². The summed E-state index contributed by atoms with van der Waals surface area (Å²) in [5.41, 5.74) is 1.34. The van der Waals surface area contributed by atoms with E-state index >= 15 is 0 Å². The van der Waals surface area contributed by atoms with Gasteiger partial charge < -0.3 is 39.2 Å².